The second-order valence-corrected chi connectivity index (χ2v) is 36.8. The molecule has 0 unspecified atom stereocenters. The fourth-order valence-electron chi connectivity index (χ4n) is 21.2. The highest BCUT2D eigenvalue weighted by Gasteiger charge is 2.41. The molecule has 23 rings (SSSR count). The Morgan fingerprint density at radius 3 is 0.641 bits per heavy atom. The number of nitrogens with zero attached hydrogens (tertiary/aromatic N) is 4. The van der Waals surface area contributed by atoms with Gasteiger partial charge in [0.15, 0.2) is 0 Å². The lowest BCUT2D eigenvalue weighted by Crippen LogP contribution is -2.18. The fourth-order valence-corrected chi connectivity index (χ4v) is 21.2. The van der Waals surface area contributed by atoms with E-state index in [1.807, 2.05) is 0 Å². The van der Waals surface area contributed by atoms with Crippen LogP contribution in [0.1, 0.15) is 99.9 Å². The lowest BCUT2D eigenvalue weighted by molar-refractivity contribution is 0.660. The van der Waals surface area contributed by atoms with E-state index in [1.165, 1.54) is 144 Å². The highest BCUT2D eigenvalue weighted by Crippen LogP contribution is 2.57. The van der Waals surface area contributed by atoms with Crippen LogP contribution in [-0.2, 0) is 21.7 Å². The first-order valence-corrected chi connectivity index (χ1v) is 44.9. The lowest BCUT2D eigenvalue weighted by Gasteiger charge is -2.30. The average Bonchev–Trinajstić information content (AvgIpc) is 1.58. The van der Waals surface area contributed by atoms with Crippen molar-refractivity contribution in [2.75, 3.05) is 19.6 Å². The molecule has 0 heterocycles. The first-order chi connectivity index (χ1) is 62.5. The van der Waals surface area contributed by atoms with E-state index in [0.717, 1.165) is 68.2 Å². The number of rotatable bonds is 16. The van der Waals surface area contributed by atoms with E-state index in [-0.39, 0.29) is 21.7 Å². The van der Waals surface area contributed by atoms with E-state index >= 15 is 0 Å². The number of benzene rings is 19. The van der Waals surface area contributed by atoms with Crippen molar-refractivity contribution in [2.45, 2.75) is 77.0 Å². The summed E-state index contributed by atoms with van der Waals surface area (Å²) in [5, 5.41) is 2.45. The normalized spacial score (nSPS) is 13.7. The topological polar surface area (TPSA) is 13.0 Å². The van der Waals surface area contributed by atoms with Crippen molar-refractivity contribution in [3.63, 3.8) is 0 Å². The number of hydrogen-bond acceptors (Lipinski definition) is 4. The zero-order valence-electron chi connectivity index (χ0n) is 73.5. The van der Waals surface area contributed by atoms with Gasteiger partial charge in [-0.3, -0.25) is 0 Å². The summed E-state index contributed by atoms with van der Waals surface area (Å²) >= 11 is 0. The number of para-hydroxylation sites is 1. The van der Waals surface area contributed by atoms with Gasteiger partial charge in [-0.25, -0.2) is 0 Å². The summed E-state index contributed by atoms with van der Waals surface area (Å²) in [4.78, 5) is 9.62. The molecule has 0 saturated heterocycles. The summed E-state index contributed by atoms with van der Waals surface area (Å²) in [5.41, 5.74) is 44.3. The van der Waals surface area contributed by atoms with Crippen LogP contribution >= 0.6 is 0 Å². The largest absolute Gasteiger partial charge is 0.310 e. The maximum atomic E-state index is 2.45. The lowest BCUT2D eigenvalue weighted by atomic mass is 9.82. The highest BCUT2D eigenvalue weighted by molar-refractivity contribution is 6.00. The molecule has 0 saturated carbocycles. The van der Waals surface area contributed by atoms with E-state index in [1.54, 1.807) is 0 Å². The molecule has 0 fully saturated rings. The summed E-state index contributed by atoms with van der Waals surface area (Å²) < 4.78 is 0. The molecule has 19 aromatic carbocycles. The molecular weight excluding hydrogens is 1550 g/mol. The molecule has 0 N–H and O–H groups in total. The van der Waals surface area contributed by atoms with Crippen LogP contribution in [0.15, 0.2) is 449 Å². The van der Waals surface area contributed by atoms with Crippen LogP contribution in [-0.4, -0.2) is 0 Å². The molecule has 19 aromatic rings. The molecule has 0 bridgehead atoms. The molecule has 0 radical (unpaired) electrons. The summed E-state index contributed by atoms with van der Waals surface area (Å²) in [6.45, 7) is 18.9. The molecule has 0 spiro atoms. The molecule has 0 amide bonds. The van der Waals surface area contributed by atoms with Crippen molar-refractivity contribution in [2.24, 2.45) is 0 Å². The van der Waals surface area contributed by atoms with Gasteiger partial charge < -0.3 is 19.6 Å². The van der Waals surface area contributed by atoms with Gasteiger partial charge in [-0.15, -0.1) is 0 Å². The Bertz CT molecular complexity index is 7090. The second-order valence-electron chi connectivity index (χ2n) is 36.8. The Morgan fingerprint density at radius 2 is 0.344 bits per heavy atom. The maximum Gasteiger partial charge on any atom is 0.0540 e. The Balaban J connectivity index is 0.000000152. The van der Waals surface area contributed by atoms with Crippen LogP contribution < -0.4 is 19.6 Å². The number of hydrogen-bond donors (Lipinski definition) is 0. The number of anilines is 12. The van der Waals surface area contributed by atoms with Gasteiger partial charge in [-0.05, 0) is 278 Å². The summed E-state index contributed by atoms with van der Waals surface area (Å²) in [7, 11) is 0. The first kappa shape index (κ1) is 78.6. The Morgan fingerprint density at radius 1 is 0.141 bits per heavy atom. The Hall–Kier alpha value is -15.4. The highest BCUT2D eigenvalue weighted by atomic mass is 15.2. The summed E-state index contributed by atoms with van der Waals surface area (Å²) in [6, 6.07) is 165. The van der Waals surface area contributed by atoms with E-state index < -0.39 is 0 Å². The van der Waals surface area contributed by atoms with Gasteiger partial charge in [0.05, 0.1) is 5.69 Å². The molecule has 0 aromatic heterocycles. The van der Waals surface area contributed by atoms with Crippen molar-refractivity contribution < 1.29 is 0 Å². The molecular formula is C124H98N4. The molecule has 0 aliphatic heterocycles. The monoisotopic (exact) mass is 1640 g/mol. The van der Waals surface area contributed by atoms with Crippen LogP contribution in [0, 0.1) is 0 Å². The second kappa shape index (κ2) is 31.4. The number of fused-ring (bicyclic) bond motifs is 13. The molecule has 128 heavy (non-hydrogen) atoms. The SMILES string of the molecule is CC1(C)c2ccccc2-c2ccc(N(c3ccc(-c4ccc(N(c5ccccc5)c5cccc6ccccc56)cc4)cc3)c3ccc4c(c3)C(C)(C)c3ccccc3-4)cc21.CC1(C)c2ccccc2-c2ccc(N(c3ccc(-c4ccccc4)cc3)c3ccc(-c4ccc(N(c5ccc(-c6ccccc6)cc5)c5ccc6c(c5)C(C)(C)c5ccccc5-6)cc4)cc3)cc21. The molecule has 4 aliphatic carbocycles. The van der Waals surface area contributed by atoms with Crippen LogP contribution in [0.5, 0.6) is 0 Å². The molecule has 0 atom stereocenters. The van der Waals surface area contributed by atoms with E-state index in [2.05, 4.69) is 524 Å². The third kappa shape index (κ3) is 13.5. The zero-order chi connectivity index (χ0) is 86.6. The van der Waals surface area contributed by atoms with Crippen molar-refractivity contribution in [3.05, 3.63) is 493 Å². The third-order valence-corrected chi connectivity index (χ3v) is 28.0. The quantitative estimate of drug-likeness (QED) is 0.0956. The van der Waals surface area contributed by atoms with Gasteiger partial charge in [0.1, 0.15) is 0 Å². The van der Waals surface area contributed by atoms with Gasteiger partial charge in [0.25, 0.3) is 0 Å². The van der Waals surface area contributed by atoms with Crippen LogP contribution in [0.25, 0.3) is 99.8 Å². The zero-order valence-corrected chi connectivity index (χ0v) is 73.5. The average molecular weight is 1640 g/mol. The fraction of sp³-hybridized carbons (Fsp3) is 0.0968. The molecule has 614 valence electrons. The third-order valence-electron chi connectivity index (χ3n) is 28.0. The minimum absolute atomic E-state index is 0.102. The smallest absolute Gasteiger partial charge is 0.0540 e. The molecule has 4 nitrogen and oxygen atoms in total. The minimum Gasteiger partial charge on any atom is -0.310 e. The predicted octanol–water partition coefficient (Wildman–Crippen LogP) is 34.3. The predicted molar refractivity (Wildman–Crippen MR) is 541 cm³/mol. The van der Waals surface area contributed by atoms with Gasteiger partial charge in [-0.1, -0.05) is 365 Å². The molecule has 4 heteroatoms. The van der Waals surface area contributed by atoms with Crippen molar-refractivity contribution >= 4 is 79.0 Å². The first-order valence-electron chi connectivity index (χ1n) is 44.9. The summed E-state index contributed by atoms with van der Waals surface area (Å²) in [5.74, 6) is 0. The van der Waals surface area contributed by atoms with Crippen LogP contribution in [0.3, 0.4) is 0 Å². The Kier molecular flexibility index (Phi) is 19.3. The van der Waals surface area contributed by atoms with Gasteiger partial charge in [0.2, 0.25) is 0 Å². The van der Waals surface area contributed by atoms with Crippen LogP contribution in [0.2, 0.25) is 0 Å². The van der Waals surface area contributed by atoms with E-state index in [4.69, 9.17) is 0 Å². The Labute approximate surface area is 752 Å². The maximum absolute atomic E-state index is 2.45. The van der Waals surface area contributed by atoms with Crippen molar-refractivity contribution in [1.29, 1.82) is 0 Å². The standard InChI is InChI=1S/C66H52N2.C58H46N2/c1-65(2)61-21-13-11-19-57(61)59-41-39-55(43-63(59)65)67(51-31-23-47(24-32-51)45-15-7-5-8-16-45)53-35-27-49(28-36-53)50-29-37-54(38-30-50)68(52-33-25-48(26-34-52)46-17-9-6-10-18-46)56-40-42-60-58-20-12-14-22-62(58)66(3,4)64(60)44-56;1-57(2)52-22-12-10-20-48(52)50-35-33-45(37-54(50)57)59(46-34-36-51-49-21-11-13-23-53(49)58(3,4)55(51)38-46)43-29-25-39(26-30-43)40-27-31-44(32-28-40)60(42-17-6-5-7-18-42)56-24-14-16-41-15-8-9-19-47(41)56/h5-44H,1-4H3;5-38H,1-4H3. The van der Waals surface area contributed by atoms with Crippen LogP contribution in [0.4, 0.5) is 68.2 Å². The summed E-state index contributed by atoms with van der Waals surface area (Å²) in [6.07, 6.45) is 0. The van der Waals surface area contributed by atoms with E-state index in [9.17, 15) is 0 Å². The van der Waals surface area contributed by atoms with Gasteiger partial charge in [-0.2, -0.15) is 0 Å². The molecule has 4 aliphatic rings. The van der Waals surface area contributed by atoms with Crippen molar-refractivity contribution in [3.8, 4) is 89.0 Å². The van der Waals surface area contributed by atoms with Gasteiger partial charge >= 0.3 is 0 Å². The van der Waals surface area contributed by atoms with Crippen molar-refractivity contribution in [1.82, 2.24) is 0 Å². The van der Waals surface area contributed by atoms with Gasteiger partial charge in [0, 0.05) is 89.6 Å². The minimum atomic E-state index is -0.106. The van der Waals surface area contributed by atoms with E-state index in [0.29, 0.717) is 0 Å².